The first-order valence-electron chi connectivity index (χ1n) is 5.19. The van der Waals surface area contributed by atoms with E-state index >= 15 is 0 Å². The van der Waals surface area contributed by atoms with Gasteiger partial charge in [-0.2, -0.15) is 0 Å². The quantitative estimate of drug-likeness (QED) is 0.623. The highest BCUT2D eigenvalue weighted by Crippen LogP contribution is 2.44. The van der Waals surface area contributed by atoms with Gasteiger partial charge in [-0.15, -0.1) is 0 Å². The lowest BCUT2D eigenvalue weighted by atomic mass is 9.99. The van der Waals surface area contributed by atoms with Gasteiger partial charge in [0.05, 0.1) is 6.61 Å². The molecule has 0 spiro atoms. The van der Waals surface area contributed by atoms with Crippen LogP contribution in [0, 0.1) is 5.92 Å². The van der Waals surface area contributed by atoms with E-state index < -0.39 is 0 Å². The van der Waals surface area contributed by atoms with Crippen LogP contribution in [0.4, 0.5) is 0 Å². The number of hydrogen-bond acceptors (Lipinski definition) is 2. The van der Waals surface area contributed by atoms with E-state index in [1.54, 1.807) is 0 Å². The molecule has 2 rings (SSSR count). The molecule has 0 saturated heterocycles. The van der Waals surface area contributed by atoms with Gasteiger partial charge >= 0.3 is 5.97 Å². The van der Waals surface area contributed by atoms with Crippen molar-refractivity contribution in [1.82, 2.24) is 0 Å². The van der Waals surface area contributed by atoms with Gasteiger partial charge in [0.15, 0.2) is 0 Å². The Morgan fingerprint density at radius 2 is 2.38 bits per heavy atom. The monoisotopic (exact) mass is 180 g/mol. The Hall–Kier alpha value is -0.790. The Labute approximate surface area is 79.0 Å². The van der Waals surface area contributed by atoms with Crippen molar-refractivity contribution in [2.45, 2.75) is 39.0 Å². The molecule has 0 heterocycles. The van der Waals surface area contributed by atoms with Crippen LogP contribution in [-0.2, 0) is 9.53 Å². The molecule has 1 atom stereocenters. The van der Waals surface area contributed by atoms with Crippen LogP contribution in [0.3, 0.4) is 0 Å². The number of esters is 1. The van der Waals surface area contributed by atoms with Crippen molar-refractivity contribution >= 4 is 5.97 Å². The van der Waals surface area contributed by atoms with Gasteiger partial charge in [0, 0.05) is 5.57 Å². The third-order valence-corrected chi connectivity index (χ3v) is 2.99. The number of carbonyl (C=O) groups excluding carboxylic acids is 1. The minimum Gasteiger partial charge on any atom is -0.462 e. The molecule has 0 amide bonds. The maximum Gasteiger partial charge on any atom is 0.333 e. The highest BCUT2D eigenvalue weighted by Gasteiger charge is 2.33. The summed E-state index contributed by atoms with van der Waals surface area (Å²) in [6, 6.07) is 0. The summed E-state index contributed by atoms with van der Waals surface area (Å²) >= 11 is 0. The Bertz CT molecular complexity index is 253. The Morgan fingerprint density at radius 1 is 1.54 bits per heavy atom. The molecule has 1 saturated carbocycles. The Morgan fingerprint density at radius 3 is 2.92 bits per heavy atom. The van der Waals surface area contributed by atoms with Crippen molar-refractivity contribution in [2.75, 3.05) is 6.61 Å². The normalized spacial score (nSPS) is 25.5. The van der Waals surface area contributed by atoms with Crippen LogP contribution in [0.15, 0.2) is 11.1 Å². The Balaban J connectivity index is 1.97. The van der Waals surface area contributed by atoms with Gasteiger partial charge in [-0.3, -0.25) is 0 Å². The van der Waals surface area contributed by atoms with Crippen LogP contribution in [0.1, 0.15) is 39.0 Å². The van der Waals surface area contributed by atoms with Crippen molar-refractivity contribution in [3.05, 3.63) is 11.1 Å². The molecule has 0 radical (unpaired) electrons. The second-order valence-corrected chi connectivity index (χ2v) is 4.03. The zero-order chi connectivity index (χ0) is 9.26. The van der Waals surface area contributed by atoms with E-state index in [0.29, 0.717) is 6.61 Å². The number of hydrogen-bond donors (Lipinski definition) is 0. The van der Waals surface area contributed by atoms with Gasteiger partial charge in [0.2, 0.25) is 0 Å². The molecule has 13 heavy (non-hydrogen) atoms. The van der Waals surface area contributed by atoms with E-state index in [9.17, 15) is 4.79 Å². The molecule has 2 aliphatic carbocycles. The van der Waals surface area contributed by atoms with Crippen LogP contribution in [-0.4, -0.2) is 12.6 Å². The summed E-state index contributed by atoms with van der Waals surface area (Å²) < 4.78 is 5.13. The lowest BCUT2D eigenvalue weighted by Crippen LogP contribution is -2.11. The smallest absolute Gasteiger partial charge is 0.333 e. The van der Waals surface area contributed by atoms with E-state index in [-0.39, 0.29) is 5.97 Å². The minimum absolute atomic E-state index is 0.0425. The zero-order valence-electron chi connectivity index (χ0n) is 8.14. The first-order chi connectivity index (χ1) is 6.31. The lowest BCUT2D eigenvalue weighted by molar-refractivity contribution is -0.139. The number of allylic oxidation sites excluding steroid dienone is 1. The molecule has 0 aliphatic heterocycles. The number of ether oxygens (including phenoxy) is 1. The molecule has 2 aliphatic rings. The van der Waals surface area contributed by atoms with E-state index in [4.69, 9.17) is 4.74 Å². The fraction of sp³-hybridized carbons (Fsp3) is 0.727. The van der Waals surface area contributed by atoms with Crippen LogP contribution >= 0.6 is 0 Å². The summed E-state index contributed by atoms with van der Waals surface area (Å²) in [4.78, 5) is 11.5. The third kappa shape index (κ3) is 1.62. The molecule has 0 aromatic heterocycles. The summed E-state index contributed by atoms with van der Waals surface area (Å²) in [7, 11) is 0. The average Bonchev–Trinajstić information content (AvgIpc) is 2.74. The maximum absolute atomic E-state index is 11.5. The first kappa shape index (κ1) is 8.79. The van der Waals surface area contributed by atoms with Crippen LogP contribution in [0.5, 0.6) is 0 Å². The predicted molar refractivity (Wildman–Crippen MR) is 50.2 cm³/mol. The molecule has 2 bridgehead atoms. The van der Waals surface area contributed by atoms with Crippen molar-refractivity contribution in [3.63, 3.8) is 0 Å². The van der Waals surface area contributed by atoms with Gasteiger partial charge in [0.25, 0.3) is 0 Å². The molecule has 0 aromatic rings. The average molecular weight is 180 g/mol. The predicted octanol–water partition coefficient (Wildman–Crippen LogP) is 2.44. The molecule has 1 fully saturated rings. The van der Waals surface area contributed by atoms with Crippen molar-refractivity contribution in [1.29, 1.82) is 0 Å². The van der Waals surface area contributed by atoms with Gasteiger partial charge in [-0.05, 0) is 38.0 Å². The van der Waals surface area contributed by atoms with Gasteiger partial charge in [0.1, 0.15) is 0 Å². The van der Waals surface area contributed by atoms with Gasteiger partial charge in [-0.25, -0.2) is 4.79 Å². The van der Waals surface area contributed by atoms with E-state index in [1.807, 2.05) is 6.92 Å². The second-order valence-electron chi connectivity index (χ2n) is 4.03. The standard InChI is InChI=1S/C11H16O2/c1-2-5-13-11(12)10-7-8-3-4-9(10)6-8/h8H,2-7H2,1H3. The highest BCUT2D eigenvalue weighted by atomic mass is 16.5. The largest absolute Gasteiger partial charge is 0.462 e. The van der Waals surface area contributed by atoms with Gasteiger partial charge < -0.3 is 4.74 Å². The van der Waals surface area contributed by atoms with Crippen molar-refractivity contribution < 1.29 is 9.53 Å². The van der Waals surface area contributed by atoms with E-state index in [0.717, 1.165) is 37.2 Å². The fourth-order valence-electron chi connectivity index (χ4n) is 2.32. The van der Waals surface area contributed by atoms with Crippen LogP contribution in [0.2, 0.25) is 0 Å². The lowest BCUT2D eigenvalue weighted by Gasteiger charge is -2.10. The molecule has 1 unspecified atom stereocenters. The zero-order valence-corrected chi connectivity index (χ0v) is 8.14. The molecule has 0 aromatic carbocycles. The SMILES string of the molecule is CCCOC(=O)C1=C2CCC(C2)C1. The van der Waals surface area contributed by atoms with Crippen LogP contribution in [0.25, 0.3) is 0 Å². The fourth-order valence-corrected chi connectivity index (χ4v) is 2.32. The Kier molecular flexibility index (Phi) is 2.38. The van der Waals surface area contributed by atoms with Gasteiger partial charge in [-0.1, -0.05) is 12.5 Å². The van der Waals surface area contributed by atoms with E-state index in [2.05, 4.69) is 0 Å². The maximum atomic E-state index is 11.5. The van der Waals surface area contributed by atoms with Crippen molar-refractivity contribution in [2.24, 2.45) is 5.92 Å². The number of rotatable bonds is 3. The first-order valence-corrected chi connectivity index (χ1v) is 5.19. The number of fused-ring (bicyclic) bond motifs is 2. The number of carbonyl (C=O) groups is 1. The molecule has 2 nitrogen and oxygen atoms in total. The molecule has 0 N–H and O–H groups in total. The summed E-state index contributed by atoms with van der Waals surface area (Å²) in [5.74, 6) is 0.721. The highest BCUT2D eigenvalue weighted by molar-refractivity contribution is 5.90. The summed E-state index contributed by atoms with van der Waals surface area (Å²) in [5.41, 5.74) is 2.39. The molecular weight excluding hydrogens is 164 g/mol. The third-order valence-electron chi connectivity index (χ3n) is 2.99. The summed E-state index contributed by atoms with van der Waals surface area (Å²) in [6.07, 6.45) is 5.49. The minimum atomic E-state index is -0.0425. The molecular formula is C11H16O2. The summed E-state index contributed by atoms with van der Waals surface area (Å²) in [5, 5.41) is 0. The second kappa shape index (κ2) is 3.52. The topological polar surface area (TPSA) is 26.3 Å². The summed E-state index contributed by atoms with van der Waals surface area (Å²) in [6.45, 7) is 2.59. The molecule has 72 valence electrons. The van der Waals surface area contributed by atoms with Crippen molar-refractivity contribution in [3.8, 4) is 0 Å². The van der Waals surface area contributed by atoms with E-state index in [1.165, 1.54) is 12.0 Å². The van der Waals surface area contributed by atoms with Crippen LogP contribution < -0.4 is 0 Å². The molecule has 2 heteroatoms.